The molecular formula is C12H15N5S. The van der Waals surface area contributed by atoms with Crippen LogP contribution in [0, 0.1) is 0 Å². The molecule has 3 rings (SSSR count). The summed E-state index contributed by atoms with van der Waals surface area (Å²) >= 11 is 1.65. The first-order valence-electron chi connectivity index (χ1n) is 6.08. The van der Waals surface area contributed by atoms with E-state index in [4.69, 9.17) is 5.73 Å². The van der Waals surface area contributed by atoms with Crippen LogP contribution in [0.3, 0.4) is 0 Å². The van der Waals surface area contributed by atoms with E-state index in [9.17, 15) is 0 Å². The lowest BCUT2D eigenvalue weighted by Crippen LogP contribution is -2.10. The number of nitrogens with two attached hydrogens (primary N) is 1. The second-order valence-electron chi connectivity index (χ2n) is 4.39. The van der Waals surface area contributed by atoms with Gasteiger partial charge in [-0.25, -0.2) is 4.68 Å². The molecule has 1 atom stereocenters. The lowest BCUT2D eigenvalue weighted by molar-refractivity contribution is 0.564. The van der Waals surface area contributed by atoms with Crippen molar-refractivity contribution in [2.24, 2.45) is 5.73 Å². The van der Waals surface area contributed by atoms with Crippen LogP contribution in [-0.2, 0) is 0 Å². The molecule has 0 spiro atoms. The zero-order valence-electron chi connectivity index (χ0n) is 9.94. The Morgan fingerprint density at radius 3 is 2.78 bits per heavy atom. The maximum atomic E-state index is 5.86. The second kappa shape index (κ2) is 5.07. The van der Waals surface area contributed by atoms with Gasteiger partial charge in [-0.3, -0.25) is 0 Å². The van der Waals surface area contributed by atoms with E-state index in [1.807, 2.05) is 22.9 Å². The normalized spacial score (nSPS) is 16.7. The number of tetrazole rings is 1. The summed E-state index contributed by atoms with van der Waals surface area (Å²) in [6.07, 6.45) is 2.36. The molecule has 2 N–H and O–H groups in total. The first-order valence-corrected chi connectivity index (χ1v) is 6.96. The predicted molar refractivity (Wildman–Crippen MR) is 70.2 cm³/mol. The SMILES string of the molecule is NCC(Sc1nnnn1C1CC1)c1ccccc1. The Morgan fingerprint density at radius 1 is 1.33 bits per heavy atom. The molecule has 2 aromatic rings. The van der Waals surface area contributed by atoms with E-state index in [0.717, 1.165) is 5.16 Å². The molecule has 1 heterocycles. The first kappa shape index (κ1) is 11.7. The van der Waals surface area contributed by atoms with E-state index in [0.29, 0.717) is 12.6 Å². The largest absolute Gasteiger partial charge is 0.329 e. The molecule has 1 aliphatic carbocycles. The summed E-state index contributed by atoms with van der Waals surface area (Å²) in [6.45, 7) is 0.576. The Balaban J connectivity index is 1.79. The minimum absolute atomic E-state index is 0.203. The number of aromatic nitrogens is 4. The van der Waals surface area contributed by atoms with Crippen LogP contribution in [0.25, 0.3) is 0 Å². The monoisotopic (exact) mass is 261 g/mol. The molecule has 1 saturated carbocycles. The molecule has 0 amide bonds. The maximum absolute atomic E-state index is 5.86. The van der Waals surface area contributed by atoms with Crippen molar-refractivity contribution >= 4 is 11.8 Å². The average Bonchev–Trinajstić information content (AvgIpc) is 3.17. The van der Waals surface area contributed by atoms with Gasteiger partial charge in [0, 0.05) is 11.8 Å². The minimum Gasteiger partial charge on any atom is -0.329 e. The van der Waals surface area contributed by atoms with Crippen molar-refractivity contribution in [2.45, 2.75) is 29.3 Å². The highest BCUT2D eigenvalue weighted by atomic mass is 32.2. The van der Waals surface area contributed by atoms with E-state index in [1.54, 1.807) is 11.8 Å². The van der Waals surface area contributed by atoms with Crippen molar-refractivity contribution in [3.63, 3.8) is 0 Å². The summed E-state index contributed by atoms with van der Waals surface area (Å²) in [5.41, 5.74) is 7.08. The molecule has 94 valence electrons. The number of rotatable bonds is 5. The van der Waals surface area contributed by atoms with E-state index >= 15 is 0 Å². The molecule has 0 saturated heterocycles. The Hall–Kier alpha value is -1.40. The molecule has 1 aliphatic rings. The van der Waals surface area contributed by atoms with Gasteiger partial charge >= 0.3 is 0 Å². The van der Waals surface area contributed by atoms with Crippen LogP contribution in [0.1, 0.15) is 29.7 Å². The number of hydrogen-bond acceptors (Lipinski definition) is 5. The summed E-state index contributed by atoms with van der Waals surface area (Å²) in [4.78, 5) is 0. The van der Waals surface area contributed by atoms with Gasteiger partial charge in [-0.15, -0.1) is 5.10 Å². The van der Waals surface area contributed by atoms with Gasteiger partial charge in [0.05, 0.1) is 6.04 Å². The second-order valence-corrected chi connectivity index (χ2v) is 5.56. The molecule has 1 unspecified atom stereocenters. The minimum atomic E-state index is 0.203. The van der Waals surface area contributed by atoms with E-state index in [2.05, 4.69) is 27.7 Å². The van der Waals surface area contributed by atoms with Crippen molar-refractivity contribution in [3.05, 3.63) is 35.9 Å². The van der Waals surface area contributed by atoms with Crippen LogP contribution >= 0.6 is 11.8 Å². The molecule has 5 nitrogen and oxygen atoms in total. The van der Waals surface area contributed by atoms with Crippen molar-refractivity contribution in [3.8, 4) is 0 Å². The van der Waals surface area contributed by atoms with E-state index in [-0.39, 0.29) is 5.25 Å². The lowest BCUT2D eigenvalue weighted by Gasteiger charge is -2.13. The summed E-state index contributed by atoms with van der Waals surface area (Å²) in [6, 6.07) is 10.8. The van der Waals surface area contributed by atoms with Crippen LogP contribution in [0.15, 0.2) is 35.5 Å². The summed E-state index contributed by atoms with van der Waals surface area (Å²) < 4.78 is 1.93. The van der Waals surface area contributed by atoms with E-state index in [1.165, 1.54) is 18.4 Å². The summed E-state index contributed by atoms with van der Waals surface area (Å²) in [5, 5.41) is 13.0. The molecule has 6 heteroatoms. The Bertz CT molecular complexity index is 508. The van der Waals surface area contributed by atoms with Gasteiger partial charge in [-0.1, -0.05) is 42.1 Å². The molecule has 0 radical (unpaired) electrons. The Morgan fingerprint density at radius 2 is 2.11 bits per heavy atom. The average molecular weight is 261 g/mol. The molecular weight excluding hydrogens is 246 g/mol. The quantitative estimate of drug-likeness (QED) is 0.831. The van der Waals surface area contributed by atoms with Crippen LogP contribution in [0.4, 0.5) is 0 Å². The standard InChI is InChI=1S/C12H15N5S/c13-8-11(9-4-2-1-3-5-9)18-12-14-15-16-17(12)10-6-7-10/h1-5,10-11H,6-8,13H2. The third kappa shape index (κ3) is 2.39. The molecule has 1 aromatic heterocycles. The van der Waals surface area contributed by atoms with Crippen molar-refractivity contribution < 1.29 is 0 Å². The predicted octanol–water partition coefficient (Wildman–Crippen LogP) is 1.80. The fourth-order valence-electron chi connectivity index (χ4n) is 1.86. The molecule has 18 heavy (non-hydrogen) atoms. The maximum Gasteiger partial charge on any atom is 0.210 e. The van der Waals surface area contributed by atoms with Gasteiger partial charge in [-0.2, -0.15) is 0 Å². The van der Waals surface area contributed by atoms with Crippen LogP contribution in [0.5, 0.6) is 0 Å². The van der Waals surface area contributed by atoms with Crippen molar-refractivity contribution in [1.29, 1.82) is 0 Å². The molecule has 1 aromatic carbocycles. The summed E-state index contributed by atoms with van der Waals surface area (Å²) in [5.74, 6) is 0. The first-order chi connectivity index (χ1) is 8.88. The van der Waals surface area contributed by atoms with Crippen LogP contribution in [0.2, 0.25) is 0 Å². The van der Waals surface area contributed by atoms with Crippen molar-refractivity contribution in [1.82, 2.24) is 20.2 Å². The van der Waals surface area contributed by atoms with Crippen LogP contribution in [-0.4, -0.2) is 26.8 Å². The summed E-state index contributed by atoms with van der Waals surface area (Å²) in [7, 11) is 0. The van der Waals surface area contributed by atoms with Gasteiger partial charge in [0.1, 0.15) is 0 Å². The third-order valence-corrected chi connectivity index (χ3v) is 4.22. The highest BCUT2D eigenvalue weighted by Gasteiger charge is 2.29. The fraction of sp³-hybridized carbons (Fsp3) is 0.417. The van der Waals surface area contributed by atoms with Gasteiger partial charge in [0.15, 0.2) is 0 Å². The van der Waals surface area contributed by atoms with E-state index < -0.39 is 0 Å². The molecule has 1 fully saturated rings. The van der Waals surface area contributed by atoms with Gasteiger partial charge in [0.25, 0.3) is 0 Å². The van der Waals surface area contributed by atoms with Crippen LogP contribution < -0.4 is 5.73 Å². The van der Waals surface area contributed by atoms with Crippen molar-refractivity contribution in [2.75, 3.05) is 6.54 Å². The zero-order chi connectivity index (χ0) is 12.4. The number of nitrogens with zero attached hydrogens (tertiary/aromatic N) is 4. The number of benzene rings is 1. The smallest absolute Gasteiger partial charge is 0.210 e. The van der Waals surface area contributed by atoms with Gasteiger partial charge in [0.2, 0.25) is 5.16 Å². The Labute approximate surface area is 110 Å². The number of thioether (sulfide) groups is 1. The lowest BCUT2D eigenvalue weighted by atomic mass is 10.1. The highest BCUT2D eigenvalue weighted by molar-refractivity contribution is 7.99. The fourth-order valence-corrected chi connectivity index (χ4v) is 2.88. The van der Waals surface area contributed by atoms with Gasteiger partial charge < -0.3 is 5.73 Å². The topological polar surface area (TPSA) is 69.6 Å². The third-order valence-electron chi connectivity index (χ3n) is 2.99. The molecule has 0 bridgehead atoms. The zero-order valence-corrected chi connectivity index (χ0v) is 10.8. The van der Waals surface area contributed by atoms with Gasteiger partial charge in [-0.05, 0) is 28.8 Å². The highest BCUT2D eigenvalue weighted by Crippen LogP contribution is 2.39. The number of hydrogen-bond donors (Lipinski definition) is 1. The Kier molecular flexibility index (Phi) is 3.29. The molecule has 0 aliphatic heterocycles.